The lowest BCUT2D eigenvalue weighted by atomic mass is 9.78. The van der Waals surface area contributed by atoms with Crippen LogP contribution in [-0.2, 0) is 14.3 Å². The van der Waals surface area contributed by atoms with Gasteiger partial charge in [-0.2, -0.15) is 0 Å². The summed E-state index contributed by atoms with van der Waals surface area (Å²) < 4.78 is 11.4. The van der Waals surface area contributed by atoms with Crippen LogP contribution in [-0.4, -0.2) is 41.3 Å². The highest BCUT2D eigenvalue weighted by Gasteiger charge is 2.46. The Balaban J connectivity index is 2.05. The Morgan fingerprint density at radius 2 is 1.67 bits per heavy atom. The van der Waals surface area contributed by atoms with Crippen molar-refractivity contribution in [2.75, 3.05) is 13.1 Å². The average Bonchev–Trinajstić information content (AvgIpc) is 3.00. The molecule has 0 atom stereocenters. The van der Waals surface area contributed by atoms with Crippen molar-refractivity contribution in [2.45, 2.75) is 77.4 Å². The summed E-state index contributed by atoms with van der Waals surface area (Å²) in [5.41, 5.74) is -0.518. The molecule has 1 aliphatic heterocycles. The van der Waals surface area contributed by atoms with E-state index in [0.29, 0.717) is 37.4 Å². The predicted octanol–water partition coefficient (Wildman–Crippen LogP) is 4.07. The number of amides is 1. The first-order valence-electron chi connectivity index (χ1n) is 9.00. The summed E-state index contributed by atoms with van der Waals surface area (Å²) >= 11 is 0. The molecule has 0 aromatic carbocycles. The minimum absolute atomic E-state index is 0.284. The molecule has 0 aromatic rings. The van der Waals surface area contributed by atoms with E-state index in [-0.39, 0.29) is 12.1 Å². The maximum absolute atomic E-state index is 12.3. The molecule has 0 spiro atoms. The fourth-order valence-electron chi connectivity index (χ4n) is 3.71. The number of carbonyl (C=O) groups is 2. The van der Waals surface area contributed by atoms with Crippen LogP contribution in [0.5, 0.6) is 0 Å². The number of piperidine rings is 1. The number of nitrogens with zero attached hydrogens (tertiary/aromatic N) is 1. The summed E-state index contributed by atoms with van der Waals surface area (Å²) in [5.74, 6) is 0.0780. The van der Waals surface area contributed by atoms with Gasteiger partial charge < -0.3 is 14.4 Å². The Kier molecular flexibility index (Phi) is 5.61. The van der Waals surface area contributed by atoms with E-state index in [1.165, 1.54) is 12.8 Å². The summed E-state index contributed by atoms with van der Waals surface area (Å²) in [6.45, 7) is 12.1. The molecule has 0 unspecified atom stereocenters. The minimum Gasteiger partial charge on any atom is -0.455 e. The normalized spacial score (nSPS) is 21.4. The Morgan fingerprint density at radius 3 is 2.12 bits per heavy atom. The third kappa shape index (κ3) is 4.52. The zero-order chi connectivity index (χ0) is 18.0. The molecular formula is C19H31NO4. The van der Waals surface area contributed by atoms with Crippen molar-refractivity contribution in [3.63, 3.8) is 0 Å². The Hall–Kier alpha value is -1.52. The van der Waals surface area contributed by atoms with Gasteiger partial charge in [-0.15, -0.1) is 0 Å². The van der Waals surface area contributed by atoms with Crippen LogP contribution in [0.15, 0.2) is 12.2 Å². The van der Waals surface area contributed by atoms with E-state index in [0.717, 1.165) is 12.8 Å². The molecule has 2 fully saturated rings. The SMILES string of the molecule is C=C(C)C(=O)OC1(C2CCCC2)CCN(C(=O)OC(C)(C)C)CC1. The van der Waals surface area contributed by atoms with Gasteiger partial charge in [0.05, 0.1) is 0 Å². The number of carbonyl (C=O) groups excluding carboxylic acids is 2. The summed E-state index contributed by atoms with van der Waals surface area (Å²) in [6, 6.07) is 0. The highest BCUT2D eigenvalue weighted by atomic mass is 16.6. The van der Waals surface area contributed by atoms with Crippen LogP contribution in [0.2, 0.25) is 0 Å². The van der Waals surface area contributed by atoms with E-state index in [1.807, 2.05) is 20.8 Å². The van der Waals surface area contributed by atoms with Crippen molar-refractivity contribution in [2.24, 2.45) is 5.92 Å². The van der Waals surface area contributed by atoms with Crippen LogP contribution < -0.4 is 0 Å². The van der Waals surface area contributed by atoms with Gasteiger partial charge >= 0.3 is 12.1 Å². The molecule has 1 amide bonds. The minimum atomic E-state index is -0.497. The molecule has 2 rings (SSSR count). The van der Waals surface area contributed by atoms with Crippen molar-refractivity contribution in [3.05, 3.63) is 12.2 Å². The summed E-state index contributed by atoms with van der Waals surface area (Å²) in [5, 5.41) is 0. The summed E-state index contributed by atoms with van der Waals surface area (Å²) in [7, 11) is 0. The van der Waals surface area contributed by atoms with E-state index in [2.05, 4.69) is 6.58 Å². The Bertz CT molecular complexity index is 492. The summed E-state index contributed by atoms with van der Waals surface area (Å²) in [6.07, 6.45) is 5.63. The molecule has 24 heavy (non-hydrogen) atoms. The second-order valence-electron chi connectivity index (χ2n) is 8.18. The Morgan fingerprint density at radius 1 is 1.12 bits per heavy atom. The molecule has 1 saturated carbocycles. The van der Waals surface area contributed by atoms with E-state index < -0.39 is 11.2 Å². The van der Waals surface area contributed by atoms with E-state index in [9.17, 15) is 9.59 Å². The van der Waals surface area contributed by atoms with Crippen LogP contribution in [0.25, 0.3) is 0 Å². The first kappa shape index (κ1) is 18.8. The van der Waals surface area contributed by atoms with Crippen molar-refractivity contribution in [1.82, 2.24) is 4.90 Å². The quantitative estimate of drug-likeness (QED) is 0.575. The molecule has 2 aliphatic rings. The molecule has 0 bridgehead atoms. The van der Waals surface area contributed by atoms with Crippen LogP contribution in [0.4, 0.5) is 4.79 Å². The lowest BCUT2D eigenvalue weighted by Crippen LogP contribution is -2.53. The number of hydrogen-bond donors (Lipinski definition) is 0. The first-order valence-corrected chi connectivity index (χ1v) is 9.00. The van der Waals surface area contributed by atoms with Gasteiger partial charge in [0.25, 0.3) is 0 Å². The maximum Gasteiger partial charge on any atom is 0.410 e. The fraction of sp³-hybridized carbons (Fsp3) is 0.789. The second kappa shape index (κ2) is 7.16. The third-order valence-corrected chi connectivity index (χ3v) is 5.01. The zero-order valence-corrected chi connectivity index (χ0v) is 15.5. The number of hydrogen-bond acceptors (Lipinski definition) is 4. The van der Waals surface area contributed by atoms with Crippen molar-refractivity contribution < 1.29 is 19.1 Å². The van der Waals surface area contributed by atoms with Gasteiger partial charge in [0.1, 0.15) is 11.2 Å². The molecule has 1 heterocycles. The van der Waals surface area contributed by atoms with Crippen molar-refractivity contribution in [1.29, 1.82) is 0 Å². The van der Waals surface area contributed by atoms with Crippen LogP contribution >= 0.6 is 0 Å². The number of esters is 1. The third-order valence-electron chi connectivity index (χ3n) is 5.01. The second-order valence-corrected chi connectivity index (χ2v) is 8.18. The molecule has 5 heteroatoms. The van der Waals surface area contributed by atoms with Gasteiger partial charge in [-0.05, 0) is 46.5 Å². The van der Waals surface area contributed by atoms with Crippen molar-refractivity contribution >= 4 is 12.1 Å². The standard InChI is InChI=1S/C19H31NO4/c1-14(2)16(21)23-19(15-8-6-7-9-15)10-12-20(13-11-19)17(22)24-18(3,4)5/h15H,1,6-13H2,2-5H3. The lowest BCUT2D eigenvalue weighted by Gasteiger charge is -2.44. The highest BCUT2D eigenvalue weighted by molar-refractivity contribution is 5.87. The largest absolute Gasteiger partial charge is 0.455 e. The maximum atomic E-state index is 12.3. The van der Waals surface area contributed by atoms with E-state index in [4.69, 9.17) is 9.47 Å². The molecular weight excluding hydrogens is 306 g/mol. The lowest BCUT2D eigenvalue weighted by molar-refractivity contribution is -0.168. The van der Waals surface area contributed by atoms with Crippen LogP contribution in [0.1, 0.15) is 66.2 Å². The van der Waals surface area contributed by atoms with Crippen LogP contribution in [0.3, 0.4) is 0 Å². The molecule has 136 valence electrons. The van der Waals surface area contributed by atoms with Gasteiger partial charge in [-0.1, -0.05) is 19.4 Å². The van der Waals surface area contributed by atoms with Gasteiger partial charge in [-0.25, -0.2) is 9.59 Å². The molecule has 0 radical (unpaired) electrons. The number of ether oxygens (including phenoxy) is 2. The van der Waals surface area contributed by atoms with E-state index in [1.54, 1.807) is 11.8 Å². The molecule has 0 N–H and O–H groups in total. The Labute approximate surface area is 145 Å². The molecule has 1 aliphatic carbocycles. The smallest absolute Gasteiger partial charge is 0.410 e. The number of rotatable bonds is 3. The van der Waals surface area contributed by atoms with Gasteiger partial charge in [0, 0.05) is 31.5 Å². The number of likely N-dealkylation sites (tertiary alicyclic amines) is 1. The molecule has 5 nitrogen and oxygen atoms in total. The zero-order valence-electron chi connectivity index (χ0n) is 15.5. The van der Waals surface area contributed by atoms with E-state index >= 15 is 0 Å². The van der Waals surface area contributed by atoms with Gasteiger partial charge in [0.2, 0.25) is 0 Å². The molecule has 1 saturated heterocycles. The predicted molar refractivity (Wildman–Crippen MR) is 92.6 cm³/mol. The van der Waals surface area contributed by atoms with Gasteiger partial charge in [-0.3, -0.25) is 0 Å². The fourth-order valence-corrected chi connectivity index (χ4v) is 3.71. The van der Waals surface area contributed by atoms with Crippen LogP contribution in [0, 0.1) is 5.92 Å². The summed E-state index contributed by atoms with van der Waals surface area (Å²) in [4.78, 5) is 26.1. The first-order chi connectivity index (χ1) is 11.1. The monoisotopic (exact) mass is 337 g/mol. The van der Waals surface area contributed by atoms with Crippen molar-refractivity contribution in [3.8, 4) is 0 Å². The highest BCUT2D eigenvalue weighted by Crippen LogP contribution is 2.43. The molecule has 0 aromatic heterocycles. The average molecular weight is 337 g/mol. The topological polar surface area (TPSA) is 55.8 Å². The van der Waals surface area contributed by atoms with Gasteiger partial charge in [0.15, 0.2) is 0 Å².